The predicted octanol–water partition coefficient (Wildman–Crippen LogP) is 5.07. The third-order valence-corrected chi connectivity index (χ3v) is 4.87. The second-order valence-corrected chi connectivity index (χ2v) is 7.72. The Balaban J connectivity index is 3.46. The van der Waals surface area contributed by atoms with Crippen LogP contribution >= 0.6 is 0 Å². The minimum absolute atomic E-state index is 0.353. The smallest absolute Gasteiger partial charge is 0.317 e. The molecule has 0 saturated heterocycles. The summed E-state index contributed by atoms with van der Waals surface area (Å²) in [4.78, 5) is 11.9. The molecule has 0 aromatic rings. The van der Waals surface area contributed by atoms with Crippen LogP contribution in [0.5, 0.6) is 0 Å². The average Bonchev–Trinajstić information content (AvgIpc) is 2.59. The number of hydrogen-bond acceptors (Lipinski definition) is 4. The van der Waals surface area contributed by atoms with Crippen LogP contribution in [0, 0.1) is 0 Å². The van der Waals surface area contributed by atoms with Crippen molar-refractivity contribution in [3.05, 3.63) is 12.2 Å². The fraction of sp³-hybridized carbons (Fsp3) is 0.864. The van der Waals surface area contributed by atoms with Crippen LogP contribution in [0.2, 0.25) is 0 Å². The lowest BCUT2D eigenvalue weighted by atomic mass is 10.1. The Bertz CT molecular complexity index is 377. The Kier molecular flexibility index (Phi) is 16.6. The standard InChI is InChI=1S/C22H43NO4/c1-3-4-5-6-7-8-9-10-11-12-13-14-15-16-17-18-19-23(20-21(24)25)22(2,26)27/h10-11,26-27H,3-9,12-20H2,1-2H3,(H,24,25)/b11-10-. The molecule has 0 heterocycles. The summed E-state index contributed by atoms with van der Waals surface area (Å²) < 4.78 is 0. The number of nitrogens with zero attached hydrogens (tertiary/aromatic N) is 1. The first kappa shape index (κ1) is 26.1. The van der Waals surface area contributed by atoms with E-state index in [1.807, 2.05) is 0 Å². The highest BCUT2D eigenvalue weighted by Gasteiger charge is 2.27. The zero-order valence-corrected chi connectivity index (χ0v) is 17.7. The monoisotopic (exact) mass is 385 g/mol. The highest BCUT2D eigenvalue weighted by molar-refractivity contribution is 5.69. The fourth-order valence-corrected chi connectivity index (χ4v) is 3.15. The summed E-state index contributed by atoms with van der Waals surface area (Å²) in [5, 5.41) is 27.9. The minimum Gasteiger partial charge on any atom is -0.480 e. The van der Waals surface area contributed by atoms with E-state index in [-0.39, 0.29) is 6.54 Å². The first-order valence-electron chi connectivity index (χ1n) is 10.9. The molecule has 0 rings (SSSR count). The van der Waals surface area contributed by atoms with Gasteiger partial charge in [0.2, 0.25) is 5.91 Å². The van der Waals surface area contributed by atoms with Crippen LogP contribution in [0.3, 0.4) is 0 Å². The summed E-state index contributed by atoms with van der Waals surface area (Å²) in [5.41, 5.74) is 0. The first-order valence-corrected chi connectivity index (χ1v) is 10.9. The van der Waals surface area contributed by atoms with Crippen molar-refractivity contribution in [2.24, 2.45) is 0 Å². The SMILES string of the molecule is CCCCCCCC/C=C\CCCCCCCCN(CC(=O)O)C(C)(O)O. The van der Waals surface area contributed by atoms with Gasteiger partial charge in [-0.2, -0.15) is 0 Å². The van der Waals surface area contributed by atoms with Crippen molar-refractivity contribution in [2.45, 2.75) is 110 Å². The van der Waals surface area contributed by atoms with Crippen LogP contribution in [0.4, 0.5) is 0 Å². The molecule has 0 aliphatic heterocycles. The molecule has 0 saturated carbocycles. The lowest BCUT2D eigenvalue weighted by Gasteiger charge is -2.30. The Hall–Kier alpha value is -0.910. The fourth-order valence-electron chi connectivity index (χ4n) is 3.15. The Morgan fingerprint density at radius 2 is 1.26 bits per heavy atom. The molecule has 0 radical (unpaired) electrons. The maximum absolute atomic E-state index is 10.8. The molecule has 0 aromatic heterocycles. The number of unbranched alkanes of at least 4 members (excludes halogenated alkanes) is 12. The molecule has 0 bridgehead atoms. The number of carbonyl (C=O) groups is 1. The van der Waals surface area contributed by atoms with E-state index in [1.54, 1.807) is 0 Å². The predicted molar refractivity (Wildman–Crippen MR) is 112 cm³/mol. The molecular formula is C22H43NO4. The van der Waals surface area contributed by atoms with Gasteiger partial charge < -0.3 is 15.3 Å². The van der Waals surface area contributed by atoms with E-state index in [2.05, 4.69) is 19.1 Å². The molecule has 0 aliphatic carbocycles. The number of rotatable bonds is 19. The van der Waals surface area contributed by atoms with Crippen molar-refractivity contribution < 1.29 is 20.1 Å². The quantitative estimate of drug-likeness (QED) is 0.164. The van der Waals surface area contributed by atoms with E-state index in [0.717, 1.165) is 25.7 Å². The van der Waals surface area contributed by atoms with Crippen LogP contribution in [0.25, 0.3) is 0 Å². The maximum Gasteiger partial charge on any atom is 0.317 e. The third-order valence-electron chi connectivity index (χ3n) is 4.87. The van der Waals surface area contributed by atoms with Gasteiger partial charge in [-0.15, -0.1) is 0 Å². The Labute approximate surface area is 166 Å². The molecule has 0 spiro atoms. The third kappa shape index (κ3) is 18.2. The van der Waals surface area contributed by atoms with Gasteiger partial charge in [0.25, 0.3) is 0 Å². The van der Waals surface area contributed by atoms with Crippen LogP contribution in [-0.4, -0.2) is 45.2 Å². The lowest BCUT2D eigenvalue weighted by molar-refractivity contribution is -0.251. The molecule has 27 heavy (non-hydrogen) atoms. The molecule has 0 atom stereocenters. The van der Waals surface area contributed by atoms with Gasteiger partial charge in [0.05, 0.1) is 0 Å². The number of carboxylic acids is 1. The number of aliphatic carboxylic acids is 1. The number of allylic oxidation sites excluding steroid dienone is 2. The van der Waals surface area contributed by atoms with Gasteiger partial charge in [-0.3, -0.25) is 4.79 Å². The normalized spacial score (nSPS) is 12.3. The second-order valence-electron chi connectivity index (χ2n) is 7.72. The van der Waals surface area contributed by atoms with E-state index in [4.69, 9.17) is 5.11 Å². The summed E-state index contributed by atoms with van der Waals surface area (Å²) in [6.07, 6.45) is 21.7. The van der Waals surface area contributed by atoms with Gasteiger partial charge in [-0.05, 0) is 32.1 Å². The highest BCUT2D eigenvalue weighted by Crippen LogP contribution is 2.12. The van der Waals surface area contributed by atoms with Gasteiger partial charge in [-0.25, -0.2) is 4.90 Å². The van der Waals surface area contributed by atoms with Gasteiger partial charge >= 0.3 is 5.97 Å². The lowest BCUT2D eigenvalue weighted by Crippen LogP contribution is -2.49. The van der Waals surface area contributed by atoms with Crippen molar-refractivity contribution in [1.29, 1.82) is 0 Å². The largest absolute Gasteiger partial charge is 0.480 e. The summed E-state index contributed by atoms with van der Waals surface area (Å²) >= 11 is 0. The van der Waals surface area contributed by atoms with Crippen molar-refractivity contribution in [3.8, 4) is 0 Å². The van der Waals surface area contributed by atoms with Crippen molar-refractivity contribution >= 4 is 5.97 Å². The van der Waals surface area contributed by atoms with E-state index >= 15 is 0 Å². The van der Waals surface area contributed by atoms with Crippen molar-refractivity contribution in [3.63, 3.8) is 0 Å². The second kappa shape index (κ2) is 17.2. The van der Waals surface area contributed by atoms with E-state index in [0.29, 0.717) is 6.54 Å². The molecule has 0 fully saturated rings. The number of carboxylic acid groups (broad SMARTS) is 1. The molecular weight excluding hydrogens is 342 g/mol. The average molecular weight is 386 g/mol. The molecule has 3 N–H and O–H groups in total. The van der Waals surface area contributed by atoms with Crippen LogP contribution in [0.15, 0.2) is 12.2 Å². The summed E-state index contributed by atoms with van der Waals surface area (Å²) in [6.45, 7) is 3.49. The molecule has 0 unspecified atom stereocenters. The van der Waals surface area contributed by atoms with Gasteiger partial charge in [0, 0.05) is 13.5 Å². The molecule has 160 valence electrons. The minimum atomic E-state index is -2.07. The topological polar surface area (TPSA) is 81.0 Å². The summed E-state index contributed by atoms with van der Waals surface area (Å²) in [7, 11) is 0. The molecule has 0 amide bonds. The van der Waals surface area contributed by atoms with Crippen LogP contribution in [0.1, 0.15) is 104 Å². The molecule has 5 nitrogen and oxygen atoms in total. The summed E-state index contributed by atoms with van der Waals surface area (Å²) in [5.74, 6) is -3.12. The van der Waals surface area contributed by atoms with E-state index in [1.165, 1.54) is 76.0 Å². The van der Waals surface area contributed by atoms with Crippen molar-refractivity contribution in [1.82, 2.24) is 4.90 Å². The molecule has 0 aromatic carbocycles. The Morgan fingerprint density at radius 1 is 0.815 bits per heavy atom. The first-order chi connectivity index (χ1) is 12.9. The maximum atomic E-state index is 10.8. The zero-order chi connectivity index (χ0) is 20.4. The van der Waals surface area contributed by atoms with E-state index < -0.39 is 11.9 Å². The Morgan fingerprint density at radius 3 is 1.70 bits per heavy atom. The zero-order valence-electron chi connectivity index (χ0n) is 17.7. The highest BCUT2D eigenvalue weighted by atomic mass is 16.5. The van der Waals surface area contributed by atoms with Crippen LogP contribution in [-0.2, 0) is 4.79 Å². The summed E-state index contributed by atoms with van der Waals surface area (Å²) in [6, 6.07) is 0. The number of hydrogen-bond donors (Lipinski definition) is 3. The van der Waals surface area contributed by atoms with Gasteiger partial charge in [0.15, 0.2) is 0 Å². The number of aliphatic hydroxyl groups is 2. The van der Waals surface area contributed by atoms with Gasteiger partial charge in [0.1, 0.15) is 6.54 Å². The van der Waals surface area contributed by atoms with Crippen molar-refractivity contribution in [2.75, 3.05) is 13.1 Å². The molecule has 0 aliphatic rings. The van der Waals surface area contributed by atoms with E-state index in [9.17, 15) is 15.0 Å². The molecule has 5 heteroatoms. The van der Waals surface area contributed by atoms with Gasteiger partial charge in [-0.1, -0.05) is 76.9 Å². The van der Waals surface area contributed by atoms with Crippen LogP contribution < -0.4 is 0 Å².